The van der Waals surface area contributed by atoms with Crippen molar-refractivity contribution in [3.8, 4) is 0 Å². The zero-order chi connectivity index (χ0) is 11.8. The second-order valence-corrected chi connectivity index (χ2v) is 2.70. The lowest BCUT2D eigenvalue weighted by atomic mass is 10.4. The van der Waals surface area contributed by atoms with Crippen molar-refractivity contribution in [2.45, 2.75) is 47.5 Å². The van der Waals surface area contributed by atoms with Gasteiger partial charge in [-0.3, -0.25) is 4.79 Å². The summed E-state index contributed by atoms with van der Waals surface area (Å²) in [6, 6.07) is 0. The highest BCUT2D eigenvalue weighted by Crippen LogP contribution is 1.89. The van der Waals surface area contributed by atoms with E-state index in [9.17, 15) is 4.79 Å². The second-order valence-electron chi connectivity index (χ2n) is 2.20. The molecule has 0 aliphatic heterocycles. The fourth-order valence-corrected chi connectivity index (χ4v) is 0.673. The van der Waals surface area contributed by atoms with Crippen molar-refractivity contribution in [2.24, 2.45) is 0 Å². The fourth-order valence-electron chi connectivity index (χ4n) is 0.450. The Morgan fingerprint density at radius 2 is 1.86 bits per heavy atom. The molecule has 1 N–H and O–H groups in total. The van der Waals surface area contributed by atoms with E-state index in [-0.39, 0.29) is 5.12 Å². The number of rotatable bonds is 4. The van der Waals surface area contributed by atoms with Crippen molar-refractivity contribution >= 4 is 17.7 Å². The highest BCUT2D eigenvalue weighted by atomic mass is 32.1. The van der Waals surface area contributed by atoms with Crippen LogP contribution >= 0.6 is 12.6 Å². The van der Waals surface area contributed by atoms with Crippen LogP contribution in [0.15, 0.2) is 12.3 Å². The van der Waals surface area contributed by atoms with Crippen LogP contribution in [-0.2, 0) is 4.79 Å². The van der Waals surface area contributed by atoms with Gasteiger partial charge in [-0.25, -0.2) is 0 Å². The summed E-state index contributed by atoms with van der Waals surface area (Å²) in [6.45, 7) is 11.0. The second kappa shape index (κ2) is 22.9. The van der Waals surface area contributed by atoms with Crippen molar-refractivity contribution in [1.29, 1.82) is 0 Å². The van der Waals surface area contributed by atoms with Crippen LogP contribution in [0.5, 0.6) is 0 Å². The van der Waals surface area contributed by atoms with Gasteiger partial charge in [-0.2, -0.15) is 0 Å². The lowest BCUT2D eigenvalue weighted by molar-refractivity contribution is -0.110. The van der Waals surface area contributed by atoms with Gasteiger partial charge < -0.3 is 5.32 Å². The summed E-state index contributed by atoms with van der Waals surface area (Å²) in [6.07, 6.45) is 5.41. The molecule has 0 radical (unpaired) electrons. The molecule has 0 amide bonds. The summed E-state index contributed by atoms with van der Waals surface area (Å²) in [4.78, 5) is 9.91. The Balaban J connectivity index is -0.000000147. The Labute approximate surface area is 94.6 Å². The molecule has 0 aromatic carbocycles. The van der Waals surface area contributed by atoms with Crippen molar-refractivity contribution in [3.63, 3.8) is 0 Å². The first-order valence-electron chi connectivity index (χ1n) is 5.25. The van der Waals surface area contributed by atoms with Gasteiger partial charge in [0.05, 0.1) is 0 Å². The third kappa shape index (κ3) is 41.7. The van der Waals surface area contributed by atoms with Gasteiger partial charge in [-0.1, -0.05) is 26.8 Å². The third-order valence-electron chi connectivity index (χ3n) is 0.953. The Hall–Kier alpha value is -0.440. The molecule has 0 heterocycles. The first kappa shape index (κ1) is 19.2. The number of carbonyl (C=O) groups is 1. The molecule has 3 heteroatoms. The van der Waals surface area contributed by atoms with Crippen LogP contribution < -0.4 is 5.32 Å². The van der Waals surface area contributed by atoms with E-state index in [2.05, 4.69) is 24.9 Å². The summed E-state index contributed by atoms with van der Waals surface area (Å²) in [7, 11) is 0. The van der Waals surface area contributed by atoms with Crippen LogP contribution in [0.1, 0.15) is 47.5 Å². The van der Waals surface area contributed by atoms with Gasteiger partial charge >= 0.3 is 0 Å². The lowest BCUT2D eigenvalue weighted by Crippen LogP contribution is -2.00. The van der Waals surface area contributed by atoms with Crippen molar-refractivity contribution in [3.05, 3.63) is 12.3 Å². The topological polar surface area (TPSA) is 29.1 Å². The van der Waals surface area contributed by atoms with Gasteiger partial charge in [0, 0.05) is 13.0 Å². The van der Waals surface area contributed by atoms with E-state index in [1.54, 1.807) is 0 Å². The number of thiol groups is 1. The van der Waals surface area contributed by atoms with Crippen LogP contribution in [-0.4, -0.2) is 11.7 Å². The van der Waals surface area contributed by atoms with Gasteiger partial charge in [-0.15, -0.1) is 12.6 Å². The minimum Gasteiger partial charge on any atom is -0.391 e. The molecular weight excluding hydrogens is 194 g/mol. The Kier molecular flexibility index (Phi) is 31.4. The molecule has 14 heavy (non-hydrogen) atoms. The zero-order valence-corrected chi connectivity index (χ0v) is 11.0. The maximum absolute atomic E-state index is 9.91. The average Bonchev–Trinajstić information content (AvgIpc) is 2.18. The molecule has 0 atom stereocenters. The van der Waals surface area contributed by atoms with Crippen molar-refractivity contribution < 1.29 is 4.79 Å². The molecule has 0 spiro atoms. The van der Waals surface area contributed by atoms with E-state index in [4.69, 9.17) is 0 Å². The first-order valence-corrected chi connectivity index (χ1v) is 5.70. The minimum atomic E-state index is -0.0162. The monoisotopic (exact) mass is 219 g/mol. The van der Waals surface area contributed by atoms with Gasteiger partial charge in [0.1, 0.15) is 0 Å². The van der Waals surface area contributed by atoms with Gasteiger partial charge in [0.15, 0.2) is 5.12 Å². The number of hydrogen-bond donors (Lipinski definition) is 2. The Bertz CT molecular complexity index is 124. The van der Waals surface area contributed by atoms with E-state index in [0.29, 0.717) is 6.42 Å². The van der Waals surface area contributed by atoms with Gasteiger partial charge in [0.2, 0.25) is 0 Å². The summed E-state index contributed by atoms with van der Waals surface area (Å²) in [5.41, 5.74) is 0. The van der Waals surface area contributed by atoms with Crippen molar-refractivity contribution in [2.75, 3.05) is 6.54 Å². The molecule has 0 unspecified atom stereocenters. The van der Waals surface area contributed by atoms with Crippen LogP contribution in [0, 0.1) is 0 Å². The molecule has 0 aliphatic rings. The number of nitrogens with one attached hydrogen (secondary N) is 1. The molecule has 0 aliphatic carbocycles. The highest BCUT2D eigenvalue weighted by molar-refractivity contribution is 7.96. The number of allylic oxidation sites excluding steroid dienone is 1. The largest absolute Gasteiger partial charge is 0.391 e. The maximum Gasteiger partial charge on any atom is 0.185 e. The van der Waals surface area contributed by atoms with E-state index in [1.807, 2.05) is 40.0 Å². The average molecular weight is 219 g/mol. The molecule has 0 rings (SSSR count). The Morgan fingerprint density at radius 1 is 1.36 bits per heavy atom. The lowest BCUT2D eigenvalue weighted by Gasteiger charge is -1.85. The maximum atomic E-state index is 9.91. The van der Waals surface area contributed by atoms with Gasteiger partial charge in [-0.05, 0) is 26.5 Å². The number of hydrogen-bond acceptors (Lipinski definition) is 2. The smallest absolute Gasteiger partial charge is 0.185 e. The predicted molar refractivity (Wildman–Crippen MR) is 68.7 cm³/mol. The minimum absolute atomic E-state index is 0.0162. The quantitative estimate of drug-likeness (QED) is 0.710. The van der Waals surface area contributed by atoms with Crippen LogP contribution in [0.4, 0.5) is 0 Å². The van der Waals surface area contributed by atoms with E-state index in [0.717, 1.165) is 13.0 Å². The fraction of sp³-hybridized carbons (Fsp3) is 0.727. The van der Waals surface area contributed by atoms with E-state index < -0.39 is 0 Å². The third-order valence-corrected chi connectivity index (χ3v) is 1.18. The zero-order valence-electron chi connectivity index (χ0n) is 10.1. The van der Waals surface area contributed by atoms with Gasteiger partial charge in [0.25, 0.3) is 0 Å². The van der Waals surface area contributed by atoms with Crippen LogP contribution in [0.2, 0.25) is 0 Å². The molecule has 0 fully saturated rings. The molecule has 2 nitrogen and oxygen atoms in total. The van der Waals surface area contributed by atoms with E-state index in [1.165, 1.54) is 0 Å². The Morgan fingerprint density at radius 3 is 1.93 bits per heavy atom. The molecule has 0 saturated carbocycles. The highest BCUT2D eigenvalue weighted by Gasteiger charge is 1.85. The summed E-state index contributed by atoms with van der Waals surface area (Å²) < 4.78 is 0. The summed E-state index contributed by atoms with van der Waals surface area (Å²) in [5, 5.41) is 3.00. The predicted octanol–water partition coefficient (Wildman–Crippen LogP) is 3.40. The van der Waals surface area contributed by atoms with Crippen LogP contribution in [0.25, 0.3) is 0 Å². The summed E-state index contributed by atoms with van der Waals surface area (Å²) in [5.74, 6) is 0. The van der Waals surface area contributed by atoms with Crippen LogP contribution in [0.3, 0.4) is 0 Å². The van der Waals surface area contributed by atoms with E-state index >= 15 is 0 Å². The normalized spacial score (nSPS) is 8.14. The molecular formula is C11H25NOS. The standard InChI is InChI=1S/C5H11N.C4H8OS.C2H6/c1-3-5-6-4-2;1-2-3-4(5)6;1-2/h3,5-6H,4H2,1-2H3;2-3H2,1H3,(H,5,6);1-2H3/b5-3-;;. The molecule has 0 aromatic rings. The summed E-state index contributed by atoms with van der Waals surface area (Å²) >= 11 is 3.54. The SMILES string of the molecule is C/C=C\NCC.CC.CCCC(=O)S. The molecule has 86 valence electrons. The number of carbonyl (C=O) groups excluding carboxylic acids is 1. The molecule has 0 aromatic heterocycles. The molecule has 0 saturated heterocycles. The first-order chi connectivity index (χ1) is 6.68. The molecule has 0 bridgehead atoms. The van der Waals surface area contributed by atoms with Crippen molar-refractivity contribution in [1.82, 2.24) is 5.32 Å².